The summed E-state index contributed by atoms with van der Waals surface area (Å²) in [5.74, 6) is 1.49. The Bertz CT molecular complexity index is 449. The normalized spacial score (nSPS) is 27.8. The highest BCUT2D eigenvalue weighted by Crippen LogP contribution is 2.32. The summed E-state index contributed by atoms with van der Waals surface area (Å²) in [6, 6.07) is 8.92. The Labute approximate surface area is 134 Å². The van der Waals surface area contributed by atoms with Crippen molar-refractivity contribution in [3.8, 4) is 0 Å². The summed E-state index contributed by atoms with van der Waals surface area (Å²) in [5.41, 5.74) is 7.64. The minimum absolute atomic E-state index is 0.363. The molecular formula is C18H29ClN2. The summed E-state index contributed by atoms with van der Waals surface area (Å²) in [7, 11) is 2.20. The second-order valence-corrected chi connectivity index (χ2v) is 7.12. The average Bonchev–Trinajstić information content (AvgIpc) is 2.48. The number of halogens is 1. The first kappa shape index (κ1) is 16.8. The maximum atomic E-state index is 6.36. The van der Waals surface area contributed by atoms with Gasteiger partial charge in [-0.2, -0.15) is 0 Å². The quantitative estimate of drug-likeness (QED) is 0.868. The van der Waals surface area contributed by atoms with Crippen LogP contribution in [0.1, 0.15) is 51.1 Å². The number of nitrogens with two attached hydrogens (primary N) is 1. The van der Waals surface area contributed by atoms with E-state index in [1.807, 2.05) is 12.1 Å². The molecule has 4 unspecified atom stereocenters. The molecule has 0 aliphatic heterocycles. The Morgan fingerprint density at radius 1 is 1.38 bits per heavy atom. The zero-order chi connectivity index (χ0) is 15.4. The van der Waals surface area contributed by atoms with Crippen molar-refractivity contribution >= 4 is 11.6 Å². The second kappa shape index (κ2) is 7.62. The van der Waals surface area contributed by atoms with Gasteiger partial charge in [-0.05, 0) is 62.8 Å². The maximum absolute atomic E-state index is 6.36. The van der Waals surface area contributed by atoms with Crippen LogP contribution in [0, 0.1) is 11.8 Å². The highest BCUT2D eigenvalue weighted by atomic mass is 35.5. The predicted octanol–water partition coefficient (Wildman–Crippen LogP) is 4.49. The highest BCUT2D eigenvalue weighted by Gasteiger charge is 2.29. The van der Waals surface area contributed by atoms with E-state index in [1.54, 1.807) is 0 Å². The van der Waals surface area contributed by atoms with E-state index in [0.717, 1.165) is 17.5 Å². The molecule has 0 radical (unpaired) electrons. The third-order valence-electron chi connectivity index (χ3n) is 5.24. The topological polar surface area (TPSA) is 29.3 Å². The Morgan fingerprint density at radius 3 is 2.81 bits per heavy atom. The van der Waals surface area contributed by atoms with Crippen LogP contribution in [0.4, 0.5) is 0 Å². The summed E-state index contributed by atoms with van der Waals surface area (Å²) < 4.78 is 0. The Balaban J connectivity index is 1.97. The summed E-state index contributed by atoms with van der Waals surface area (Å²) in [6.45, 7) is 5.62. The molecule has 4 atom stereocenters. The first-order valence-electron chi connectivity index (χ1n) is 8.22. The third kappa shape index (κ3) is 4.45. The van der Waals surface area contributed by atoms with Gasteiger partial charge in [0.25, 0.3) is 0 Å². The number of nitrogens with zero attached hydrogens (tertiary/aromatic N) is 1. The maximum Gasteiger partial charge on any atom is 0.0409 e. The van der Waals surface area contributed by atoms with E-state index in [-0.39, 0.29) is 0 Å². The summed E-state index contributed by atoms with van der Waals surface area (Å²) in [4.78, 5) is 2.42. The lowest BCUT2D eigenvalue weighted by Crippen LogP contribution is -2.42. The third-order valence-corrected chi connectivity index (χ3v) is 5.48. The largest absolute Gasteiger partial charge is 0.327 e. The Morgan fingerprint density at radius 2 is 2.14 bits per heavy atom. The van der Waals surface area contributed by atoms with E-state index in [9.17, 15) is 0 Å². The van der Waals surface area contributed by atoms with E-state index < -0.39 is 0 Å². The first-order chi connectivity index (χ1) is 10.0. The van der Waals surface area contributed by atoms with E-state index in [1.165, 1.54) is 31.2 Å². The molecule has 0 heterocycles. The average molecular weight is 309 g/mol. The van der Waals surface area contributed by atoms with Gasteiger partial charge in [0.15, 0.2) is 0 Å². The molecule has 1 aromatic carbocycles. The van der Waals surface area contributed by atoms with Crippen LogP contribution < -0.4 is 5.73 Å². The number of rotatable bonds is 5. The molecule has 118 valence electrons. The van der Waals surface area contributed by atoms with Crippen molar-refractivity contribution in [2.24, 2.45) is 17.6 Å². The lowest BCUT2D eigenvalue weighted by atomic mass is 9.77. The van der Waals surface area contributed by atoms with Gasteiger partial charge in [0.1, 0.15) is 0 Å². The van der Waals surface area contributed by atoms with Crippen LogP contribution in [-0.2, 0) is 0 Å². The molecule has 1 aromatic rings. The fourth-order valence-corrected chi connectivity index (χ4v) is 3.71. The van der Waals surface area contributed by atoms with Gasteiger partial charge in [0.05, 0.1) is 0 Å². The molecule has 21 heavy (non-hydrogen) atoms. The Hall–Kier alpha value is -0.570. The highest BCUT2D eigenvalue weighted by molar-refractivity contribution is 6.30. The molecular weight excluding hydrogens is 280 g/mol. The smallest absolute Gasteiger partial charge is 0.0409 e. The van der Waals surface area contributed by atoms with Crippen LogP contribution in [0.5, 0.6) is 0 Å². The number of benzene rings is 1. The molecule has 3 heteroatoms. The Kier molecular flexibility index (Phi) is 6.09. The monoisotopic (exact) mass is 308 g/mol. The molecule has 1 fully saturated rings. The molecule has 2 rings (SSSR count). The predicted molar refractivity (Wildman–Crippen MR) is 91.6 cm³/mol. The van der Waals surface area contributed by atoms with Crippen molar-refractivity contribution in [3.63, 3.8) is 0 Å². The van der Waals surface area contributed by atoms with Crippen molar-refractivity contribution in [2.75, 3.05) is 13.6 Å². The minimum Gasteiger partial charge on any atom is -0.327 e. The lowest BCUT2D eigenvalue weighted by Gasteiger charge is -2.37. The van der Waals surface area contributed by atoms with Crippen molar-refractivity contribution in [1.82, 2.24) is 4.90 Å². The van der Waals surface area contributed by atoms with Gasteiger partial charge in [-0.25, -0.2) is 0 Å². The van der Waals surface area contributed by atoms with Gasteiger partial charge in [-0.1, -0.05) is 37.1 Å². The van der Waals surface area contributed by atoms with E-state index >= 15 is 0 Å². The lowest BCUT2D eigenvalue weighted by molar-refractivity contribution is 0.148. The van der Waals surface area contributed by atoms with Crippen LogP contribution >= 0.6 is 11.6 Å². The zero-order valence-corrected chi connectivity index (χ0v) is 14.3. The van der Waals surface area contributed by atoms with Gasteiger partial charge in [0.2, 0.25) is 0 Å². The molecule has 2 N–H and O–H groups in total. The minimum atomic E-state index is 0.363. The molecule has 0 spiro atoms. The molecule has 0 saturated heterocycles. The van der Waals surface area contributed by atoms with Crippen LogP contribution in [0.25, 0.3) is 0 Å². The van der Waals surface area contributed by atoms with Gasteiger partial charge >= 0.3 is 0 Å². The summed E-state index contributed by atoms with van der Waals surface area (Å²) >= 11 is 6.11. The van der Waals surface area contributed by atoms with E-state index in [0.29, 0.717) is 18.0 Å². The van der Waals surface area contributed by atoms with Crippen LogP contribution in [0.3, 0.4) is 0 Å². The number of hydrogen-bond donors (Lipinski definition) is 1. The fourth-order valence-electron chi connectivity index (χ4n) is 3.51. The van der Waals surface area contributed by atoms with Gasteiger partial charge in [-0.3, -0.25) is 4.90 Å². The number of hydrogen-bond acceptors (Lipinski definition) is 2. The molecule has 0 amide bonds. The molecule has 2 nitrogen and oxygen atoms in total. The van der Waals surface area contributed by atoms with E-state index in [4.69, 9.17) is 17.3 Å². The van der Waals surface area contributed by atoms with Crippen LogP contribution in [-0.4, -0.2) is 24.5 Å². The van der Waals surface area contributed by atoms with Crippen molar-refractivity contribution in [2.45, 2.75) is 51.6 Å². The molecule has 1 saturated carbocycles. The zero-order valence-electron chi connectivity index (χ0n) is 13.6. The first-order valence-corrected chi connectivity index (χ1v) is 8.60. The summed E-state index contributed by atoms with van der Waals surface area (Å²) in [5, 5.41) is 0.813. The van der Waals surface area contributed by atoms with Gasteiger partial charge < -0.3 is 5.73 Å². The van der Waals surface area contributed by atoms with E-state index in [2.05, 4.69) is 37.9 Å². The molecule has 1 aliphatic carbocycles. The fraction of sp³-hybridized carbons (Fsp3) is 0.667. The van der Waals surface area contributed by atoms with Crippen molar-refractivity contribution < 1.29 is 0 Å². The standard InChI is InChI=1S/C18H29ClN2/c1-4-14-8-9-18(20)16(10-14)12-21(3)13(2)15-6-5-7-17(19)11-15/h5-7,11,13-14,16,18H,4,8-10,12,20H2,1-3H3. The van der Waals surface area contributed by atoms with Crippen molar-refractivity contribution in [3.05, 3.63) is 34.9 Å². The molecule has 1 aliphatic rings. The summed E-state index contributed by atoms with van der Waals surface area (Å²) in [6.07, 6.45) is 5.06. The van der Waals surface area contributed by atoms with Crippen LogP contribution in [0.2, 0.25) is 5.02 Å². The van der Waals surface area contributed by atoms with Gasteiger partial charge in [0, 0.05) is 23.7 Å². The van der Waals surface area contributed by atoms with Gasteiger partial charge in [-0.15, -0.1) is 0 Å². The van der Waals surface area contributed by atoms with Crippen LogP contribution in [0.15, 0.2) is 24.3 Å². The molecule has 0 aromatic heterocycles. The van der Waals surface area contributed by atoms with Crippen molar-refractivity contribution in [1.29, 1.82) is 0 Å². The molecule has 0 bridgehead atoms. The second-order valence-electron chi connectivity index (χ2n) is 6.68. The SMILES string of the molecule is CCC1CCC(N)C(CN(C)C(C)c2cccc(Cl)c2)C1.